The van der Waals surface area contributed by atoms with E-state index in [1.807, 2.05) is 63.3 Å². The van der Waals surface area contributed by atoms with Crippen LogP contribution in [-0.2, 0) is 23.9 Å². The Bertz CT molecular complexity index is 1160. The van der Waals surface area contributed by atoms with Crippen LogP contribution in [0.2, 0.25) is 0 Å². The zero-order chi connectivity index (χ0) is 26.4. The van der Waals surface area contributed by atoms with Crippen molar-refractivity contribution in [3.63, 3.8) is 0 Å². The lowest BCUT2D eigenvalue weighted by atomic mass is 9.73. The van der Waals surface area contributed by atoms with E-state index in [9.17, 15) is 19.5 Å². The van der Waals surface area contributed by atoms with Crippen LogP contribution in [0.15, 0.2) is 42.5 Å². The zero-order valence-electron chi connectivity index (χ0n) is 21.8. The van der Waals surface area contributed by atoms with Crippen molar-refractivity contribution in [3.8, 4) is 0 Å². The number of aliphatic hydroxyl groups excluding tert-OH is 1. The average molecular weight is 509 g/mol. The van der Waals surface area contributed by atoms with Crippen molar-refractivity contribution in [1.29, 1.82) is 0 Å². The number of aryl methyl sites for hydroxylation is 2. The molecule has 2 amide bonds. The summed E-state index contributed by atoms with van der Waals surface area (Å²) < 4.78 is 12.5. The largest absolute Gasteiger partial charge is 0.465 e. The number of cyclic esters (lactones) is 1. The number of carbonyl (C=O) groups excluding carboxylic acids is 3. The number of likely N-dealkylation sites (tertiary alicyclic amines) is 1. The number of anilines is 1. The number of fused-ring (bicyclic) bond motifs is 2. The summed E-state index contributed by atoms with van der Waals surface area (Å²) in [7, 11) is 0. The summed E-state index contributed by atoms with van der Waals surface area (Å²) in [4.78, 5) is 45.4. The molecule has 5 rings (SSSR count). The molecule has 0 bridgehead atoms. The van der Waals surface area contributed by atoms with E-state index in [4.69, 9.17) is 9.47 Å². The number of esters is 1. The maximum atomic E-state index is 14.5. The molecule has 1 N–H and O–H groups in total. The first kappa shape index (κ1) is 25.7. The molecular weight excluding hydrogens is 472 g/mol. The number of aliphatic hydroxyl groups is 1. The highest BCUT2D eigenvalue weighted by Crippen LogP contribution is 2.58. The SMILES string of the molecule is CC[C@@]12C=CCCOC(=O)[C@@H]1[C@H]1C(=O)N(CCCCO)C3C(=O)N(c4cc(C)ccc4C)CC=C[C@@]31O2. The summed E-state index contributed by atoms with van der Waals surface area (Å²) in [5, 5.41) is 9.37. The summed E-state index contributed by atoms with van der Waals surface area (Å²) >= 11 is 0. The molecule has 198 valence electrons. The predicted octanol–water partition coefficient (Wildman–Crippen LogP) is 2.84. The molecule has 0 aliphatic carbocycles. The van der Waals surface area contributed by atoms with Crippen LogP contribution in [0.5, 0.6) is 0 Å². The Morgan fingerprint density at radius 1 is 1.05 bits per heavy atom. The number of benzene rings is 1. The van der Waals surface area contributed by atoms with Crippen LogP contribution in [0.3, 0.4) is 0 Å². The molecule has 1 aromatic carbocycles. The van der Waals surface area contributed by atoms with Crippen LogP contribution in [-0.4, -0.2) is 71.3 Å². The van der Waals surface area contributed by atoms with Gasteiger partial charge < -0.3 is 24.4 Å². The maximum Gasteiger partial charge on any atom is 0.313 e. The molecule has 0 saturated carbocycles. The first-order valence-electron chi connectivity index (χ1n) is 13.3. The Morgan fingerprint density at radius 3 is 2.62 bits per heavy atom. The molecule has 0 radical (unpaired) electrons. The van der Waals surface area contributed by atoms with Gasteiger partial charge >= 0.3 is 5.97 Å². The fourth-order valence-corrected chi connectivity index (χ4v) is 6.59. The van der Waals surface area contributed by atoms with Crippen LogP contribution in [0.25, 0.3) is 0 Å². The Balaban J connectivity index is 1.66. The highest BCUT2D eigenvalue weighted by molar-refractivity contribution is 6.06. The fourth-order valence-electron chi connectivity index (χ4n) is 6.59. The van der Waals surface area contributed by atoms with Gasteiger partial charge in [0.25, 0.3) is 5.91 Å². The van der Waals surface area contributed by atoms with E-state index in [0.29, 0.717) is 38.8 Å². The molecule has 1 spiro atoms. The second-order valence-corrected chi connectivity index (χ2v) is 10.6. The van der Waals surface area contributed by atoms with Gasteiger partial charge in [-0.1, -0.05) is 43.4 Å². The Hall–Kier alpha value is -2.97. The van der Waals surface area contributed by atoms with Crippen molar-refractivity contribution in [3.05, 3.63) is 53.6 Å². The predicted molar refractivity (Wildman–Crippen MR) is 138 cm³/mol. The second-order valence-electron chi connectivity index (χ2n) is 10.6. The van der Waals surface area contributed by atoms with Crippen LogP contribution in [0.1, 0.15) is 43.7 Å². The number of unbranched alkanes of at least 4 members (excludes halogenated alkanes) is 1. The van der Waals surface area contributed by atoms with Crippen LogP contribution < -0.4 is 4.90 Å². The van der Waals surface area contributed by atoms with Gasteiger partial charge in [0.05, 0.1) is 12.5 Å². The van der Waals surface area contributed by atoms with Gasteiger partial charge in [-0.15, -0.1) is 0 Å². The minimum atomic E-state index is -1.30. The third kappa shape index (κ3) is 3.92. The lowest BCUT2D eigenvalue weighted by molar-refractivity contribution is -0.160. The van der Waals surface area contributed by atoms with E-state index < -0.39 is 35.0 Å². The first-order chi connectivity index (χ1) is 17.8. The van der Waals surface area contributed by atoms with E-state index in [-0.39, 0.29) is 25.0 Å². The molecule has 1 unspecified atom stereocenters. The molecule has 4 heterocycles. The van der Waals surface area contributed by atoms with E-state index in [0.717, 1.165) is 16.8 Å². The van der Waals surface area contributed by atoms with Crippen LogP contribution >= 0.6 is 0 Å². The van der Waals surface area contributed by atoms with E-state index >= 15 is 0 Å². The van der Waals surface area contributed by atoms with Crippen molar-refractivity contribution in [1.82, 2.24) is 4.90 Å². The number of nitrogens with zero attached hydrogens (tertiary/aromatic N) is 2. The molecular formula is C29H36N2O6. The van der Waals surface area contributed by atoms with Gasteiger partial charge in [0.2, 0.25) is 5.91 Å². The number of hydrogen-bond acceptors (Lipinski definition) is 6. The van der Waals surface area contributed by atoms with Crippen LogP contribution in [0.4, 0.5) is 5.69 Å². The van der Waals surface area contributed by atoms with Gasteiger partial charge in [0, 0.05) is 25.4 Å². The lowest BCUT2D eigenvalue weighted by Crippen LogP contribution is -2.56. The van der Waals surface area contributed by atoms with Gasteiger partial charge in [-0.2, -0.15) is 0 Å². The molecule has 8 nitrogen and oxygen atoms in total. The standard InChI is InChI=1S/C29H36N2O6/c1-4-28-12-5-8-17-36-27(35)23(28)22-25(33)31(14-6-7-16-32)24-26(34)30(15-9-13-29(22,24)37-28)21-18-19(2)10-11-20(21)3/h5,9-13,18,22-24,32H,4,6-8,14-17H2,1-3H3/t22-,23-,24?,28+,29-/m0/s1. The van der Waals surface area contributed by atoms with Gasteiger partial charge in [0.15, 0.2) is 0 Å². The highest BCUT2D eigenvalue weighted by Gasteiger charge is 2.75. The monoisotopic (exact) mass is 508 g/mol. The molecule has 0 aromatic heterocycles. The van der Waals surface area contributed by atoms with E-state index in [2.05, 4.69) is 0 Å². The zero-order valence-corrected chi connectivity index (χ0v) is 21.8. The Morgan fingerprint density at radius 2 is 1.86 bits per heavy atom. The van der Waals surface area contributed by atoms with Gasteiger partial charge in [-0.3, -0.25) is 14.4 Å². The summed E-state index contributed by atoms with van der Waals surface area (Å²) in [6, 6.07) is 5.06. The quantitative estimate of drug-likeness (QED) is 0.361. The molecule has 1 aromatic rings. The summed E-state index contributed by atoms with van der Waals surface area (Å²) in [5.41, 5.74) is 0.457. The maximum absolute atomic E-state index is 14.5. The van der Waals surface area contributed by atoms with Crippen LogP contribution in [0, 0.1) is 25.7 Å². The minimum absolute atomic E-state index is 0.00107. The normalized spacial score (nSPS) is 33.0. The van der Waals surface area contributed by atoms with Crippen molar-refractivity contribution in [2.24, 2.45) is 11.8 Å². The summed E-state index contributed by atoms with van der Waals surface area (Å²) in [6.07, 6.45) is 9.70. The number of amides is 2. The van der Waals surface area contributed by atoms with Gasteiger partial charge in [-0.05, 0) is 56.7 Å². The average Bonchev–Trinajstić information content (AvgIpc) is 3.21. The number of carbonyl (C=O) groups is 3. The van der Waals surface area contributed by atoms with Gasteiger partial charge in [0.1, 0.15) is 23.2 Å². The third-order valence-corrected chi connectivity index (χ3v) is 8.36. The van der Waals surface area contributed by atoms with E-state index in [1.54, 1.807) is 9.80 Å². The minimum Gasteiger partial charge on any atom is -0.465 e. The summed E-state index contributed by atoms with van der Waals surface area (Å²) in [6.45, 7) is 6.76. The number of ether oxygens (including phenoxy) is 2. The lowest BCUT2D eigenvalue weighted by Gasteiger charge is -2.39. The molecule has 2 fully saturated rings. The Labute approximate surface area is 217 Å². The van der Waals surface area contributed by atoms with E-state index in [1.165, 1.54) is 0 Å². The van der Waals surface area contributed by atoms with Gasteiger partial charge in [-0.25, -0.2) is 0 Å². The topological polar surface area (TPSA) is 96.4 Å². The third-order valence-electron chi connectivity index (χ3n) is 8.36. The van der Waals surface area contributed by atoms with Crippen molar-refractivity contribution in [2.75, 3.05) is 31.2 Å². The molecule has 37 heavy (non-hydrogen) atoms. The molecule has 8 heteroatoms. The van der Waals surface area contributed by atoms with Crippen molar-refractivity contribution >= 4 is 23.5 Å². The molecule has 5 atom stereocenters. The first-order valence-corrected chi connectivity index (χ1v) is 13.3. The molecule has 4 aliphatic heterocycles. The fraction of sp³-hybridized carbons (Fsp3) is 0.552. The molecule has 2 saturated heterocycles. The Kier molecular flexibility index (Phi) is 6.75. The smallest absolute Gasteiger partial charge is 0.313 e. The van der Waals surface area contributed by atoms with Crippen molar-refractivity contribution < 1.29 is 29.0 Å². The second kappa shape index (κ2) is 9.72. The highest BCUT2D eigenvalue weighted by atomic mass is 16.6. The number of rotatable bonds is 6. The summed E-state index contributed by atoms with van der Waals surface area (Å²) in [5.74, 6) is -2.67. The molecule has 4 aliphatic rings. The van der Waals surface area contributed by atoms with Crippen molar-refractivity contribution in [2.45, 2.75) is 63.7 Å². The number of hydrogen-bond donors (Lipinski definition) is 1.